The minimum absolute atomic E-state index is 0.266. The molecule has 1 amide bonds. The lowest BCUT2D eigenvalue weighted by Crippen LogP contribution is -2.63. The fraction of sp³-hybridized carbons (Fsp3) is 0.750. The number of carbonyl (C=O) groups excluding carboxylic acids is 1. The van der Waals surface area contributed by atoms with Crippen LogP contribution < -0.4 is 0 Å². The molecule has 2 saturated heterocycles. The maximum absolute atomic E-state index is 12.4. The van der Waals surface area contributed by atoms with Crippen LogP contribution in [-0.4, -0.2) is 52.4 Å². The summed E-state index contributed by atoms with van der Waals surface area (Å²) in [6.07, 6.45) is 4.51. The molecule has 5 heteroatoms. The number of hydrogen-bond donors (Lipinski definition) is 0. The van der Waals surface area contributed by atoms with E-state index in [1.807, 2.05) is 18.7 Å². The average molecular weight is 307 g/mol. The number of thiazole rings is 1. The van der Waals surface area contributed by atoms with E-state index in [1.54, 1.807) is 11.3 Å². The van der Waals surface area contributed by atoms with Gasteiger partial charge < -0.3 is 4.90 Å². The molecule has 116 valence electrons. The van der Waals surface area contributed by atoms with Gasteiger partial charge in [0.15, 0.2) is 0 Å². The second kappa shape index (κ2) is 6.05. The van der Waals surface area contributed by atoms with Gasteiger partial charge in [0.25, 0.3) is 0 Å². The fourth-order valence-corrected chi connectivity index (χ4v) is 4.45. The Kier molecular flexibility index (Phi) is 4.31. The smallest absolute Gasteiger partial charge is 0.228 e. The summed E-state index contributed by atoms with van der Waals surface area (Å²) in [5, 5.41) is 1.05. The maximum Gasteiger partial charge on any atom is 0.228 e. The number of hydrogen-bond acceptors (Lipinski definition) is 4. The van der Waals surface area contributed by atoms with Crippen molar-refractivity contribution in [3.8, 4) is 0 Å². The Morgan fingerprint density at radius 1 is 1.33 bits per heavy atom. The van der Waals surface area contributed by atoms with Crippen molar-refractivity contribution in [1.29, 1.82) is 0 Å². The largest absolute Gasteiger partial charge is 0.339 e. The Bertz CT molecular complexity index is 522. The summed E-state index contributed by atoms with van der Waals surface area (Å²) >= 11 is 1.65. The van der Waals surface area contributed by atoms with Gasteiger partial charge in [-0.2, -0.15) is 0 Å². The molecule has 2 aliphatic rings. The highest BCUT2D eigenvalue weighted by Crippen LogP contribution is 2.25. The van der Waals surface area contributed by atoms with Crippen molar-refractivity contribution in [3.63, 3.8) is 0 Å². The Morgan fingerprint density at radius 3 is 2.71 bits per heavy atom. The van der Waals surface area contributed by atoms with E-state index in [4.69, 9.17) is 0 Å². The molecule has 0 aliphatic carbocycles. The van der Waals surface area contributed by atoms with E-state index in [0.29, 0.717) is 18.5 Å². The maximum atomic E-state index is 12.4. The van der Waals surface area contributed by atoms with Gasteiger partial charge in [0.1, 0.15) is 0 Å². The van der Waals surface area contributed by atoms with E-state index < -0.39 is 0 Å². The van der Waals surface area contributed by atoms with Gasteiger partial charge in [-0.1, -0.05) is 6.42 Å². The summed E-state index contributed by atoms with van der Waals surface area (Å²) in [4.78, 5) is 22.5. The lowest BCUT2D eigenvalue weighted by Gasteiger charge is -2.49. The lowest BCUT2D eigenvalue weighted by atomic mass is 9.97. The van der Waals surface area contributed by atoms with Crippen LogP contribution in [0.1, 0.15) is 41.8 Å². The number of likely N-dealkylation sites (tertiary alicyclic amines) is 2. The fourth-order valence-electron chi connectivity index (χ4n) is 3.52. The second-order valence-electron chi connectivity index (χ2n) is 6.45. The van der Waals surface area contributed by atoms with Gasteiger partial charge in [-0.25, -0.2) is 4.98 Å². The van der Waals surface area contributed by atoms with Crippen LogP contribution in [0.4, 0.5) is 0 Å². The molecular formula is C16H25N3OS. The Hall–Kier alpha value is -0.940. The lowest BCUT2D eigenvalue weighted by molar-refractivity contribution is -0.139. The Morgan fingerprint density at radius 2 is 2.10 bits per heavy atom. The topological polar surface area (TPSA) is 36.4 Å². The van der Waals surface area contributed by atoms with Crippen LogP contribution in [-0.2, 0) is 11.2 Å². The summed E-state index contributed by atoms with van der Waals surface area (Å²) in [6, 6.07) is 1.28. The SMILES string of the molecule is Cc1nc(C)c(CC(=O)N2CC(N3CCCCC3C)C2)s1. The van der Waals surface area contributed by atoms with Gasteiger partial charge in [0, 0.05) is 30.1 Å². The van der Waals surface area contributed by atoms with Crippen LogP contribution in [0.25, 0.3) is 0 Å². The molecule has 21 heavy (non-hydrogen) atoms. The van der Waals surface area contributed by atoms with Gasteiger partial charge in [0.2, 0.25) is 5.91 Å². The average Bonchev–Trinajstić information content (AvgIpc) is 2.68. The molecule has 3 heterocycles. The van der Waals surface area contributed by atoms with Crippen LogP contribution in [0.5, 0.6) is 0 Å². The number of aromatic nitrogens is 1. The van der Waals surface area contributed by atoms with E-state index in [9.17, 15) is 4.79 Å². The molecule has 0 aromatic carbocycles. The highest BCUT2D eigenvalue weighted by molar-refractivity contribution is 7.11. The molecule has 4 nitrogen and oxygen atoms in total. The van der Waals surface area contributed by atoms with E-state index in [0.717, 1.165) is 28.7 Å². The standard InChI is InChI=1S/C16H25N3OS/c1-11-6-4-5-7-19(11)14-9-18(10-14)16(20)8-15-12(2)17-13(3)21-15/h11,14H,4-10H2,1-3H3. The normalized spacial score (nSPS) is 24.1. The molecule has 1 unspecified atom stereocenters. The molecule has 2 fully saturated rings. The highest BCUT2D eigenvalue weighted by Gasteiger charge is 2.37. The predicted octanol–water partition coefficient (Wildman–Crippen LogP) is 2.39. The monoisotopic (exact) mass is 307 g/mol. The van der Waals surface area contributed by atoms with Crippen molar-refractivity contribution in [3.05, 3.63) is 15.6 Å². The van der Waals surface area contributed by atoms with Crippen molar-refractivity contribution < 1.29 is 4.79 Å². The van der Waals surface area contributed by atoms with Gasteiger partial charge in [-0.15, -0.1) is 11.3 Å². The van der Waals surface area contributed by atoms with Gasteiger partial charge in [-0.3, -0.25) is 9.69 Å². The van der Waals surface area contributed by atoms with E-state index in [1.165, 1.54) is 25.8 Å². The Balaban J connectivity index is 1.51. The second-order valence-corrected chi connectivity index (χ2v) is 7.74. The zero-order valence-corrected chi connectivity index (χ0v) is 14.1. The third kappa shape index (κ3) is 3.14. The quantitative estimate of drug-likeness (QED) is 0.860. The molecule has 0 saturated carbocycles. The molecule has 0 radical (unpaired) electrons. The van der Waals surface area contributed by atoms with Crippen molar-refractivity contribution in [2.75, 3.05) is 19.6 Å². The van der Waals surface area contributed by atoms with Crippen LogP contribution in [0.15, 0.2) is 0 Å². The zero-order chi connectivity index (χ0) is 15.0. The first-order valence-corrected chi connectivity index (χ1v) is 8.82. The first-order valence-electron chi connectivity index (χ1n) is 8.01. The van der Waals surface area contributed by atoms with E-state index >= 15 is 0 Å². The Labute approximate surface area is 131 Å². The molecule has 0 bridgehead atoms. The highest BCUT2D eigenvalue weighted by atomic mass is 32.1. The molecule has 0 N–H and O–H groups in total. The summed E-state index contributed by atoms with van der Waals surface area (Å²) in [7, 11) is 0. The minimum Gasteiger partial charge on any atom is -0.339 e. The van der Waals surface area contributed by atoms with Crippen LogP contribution in [0.3, 0.4) is 0 Å². The summed E-state index contributed by atoms with van der Waals surface area (Å²) in [5.41, 5.74) is 1.02. The summed E-state index contributed by atoms with van der Waals surface area (Å²) < 4.78 is 0. The van der Waals surface area contributed by atoms with Gasteiger partial charge in [0.05, 0.1) is 17.1 Å². The molecule has 0 spiro atoms. The van der Waals surface area contributed by atoms with Crippen LogP contribution in [0, 0.1) is 13.8 Å². The first kappa shape index (κ1) is 15.0. The molecule has 1 aromatic rings. The van der Waals surface area contributed by atoms with Crippen molar-refractivity contribution in [1.82, 2.24) is 14.8 Å². The third-order valence-corrected chi connectivity index (χ3v) is 5.92. The molecule has 1 aromatic heterocycles. The number of amides is 1. The molecule has 3 rings (SSSR count). The third-order valence-electron chi connectivity index (χ3n) is 4.85. The van der Waals surface area contributed by atoms with Gasteiger partial charge >= 0.3 is 0 Å². The number of carbonyl (C=O) groups is 1. The number of nitrogens with zero attached hydrogens (tertiary/aromatic N) is 3. The number of rotatable bonds is 3. The number of piperidine rings is 1. The van der Waals surface area contributed by atoms with Crippen molar-refractivity contribution in [2.24, 2.45) is 0 Å². The number of aryl methyl sites for hydroxylation is 2. The molecule has 2 aliphatic heterocycles. The summed E-state index contributed by atoms with van der Waals surface area (Å²) in [6.45, 7) is 9.37. The molecular weight excluding hydrogens is 282 g/mol. The van der Waals surface area contributed by atoms with E-state index in [2.05, 4.69) is 16.8 Å². The summed E-state index contributed by atoms with van der Waals surface area (Å²) in [5.74, 6) is 0.266. The van der Waals surface area contributed by atoms with Gasteiger partial charge in [-0.05, 0) is 40.2 Å². The van der Waals surface area contributed by atoms with Crippen LogP contribution in [0.2, 0.25) is 0 Å². The van der Waals surface area contributed by atoms with Crippen LogP contribution >= 0.6 is 11.3 Å². The molecule has 1 atom stereocenters. The van der Waals surface area contributed by atoms with Crippen molar-refractivity contribution in [2.45, 2.75) is 58.5 Å². The van der Waals surface area contributed by atoms with Crippen molar-refractivity contribution >= 4 is 17.2 Å². The predicted molar refractivity (Wildman–Crippen MR) is 85.7 cm³/mol. The minimum atomic E-state index is 0.266. The first-order chi connectivity index (χ1) is 10.0. The zero-order valence-electron chi connectivity index (χ0n) is 13.3. The van der Waals surface area contributed by atoms with E-state index in [-0.39, 0.29) is 5.91 Å².